The van der Waals surface area contributed by atoms with E-state index in [0.717, 1.165) is 42.0 Å². The molecule has 0 amide bonds. The van der Waals surface area contributed by atoms with Gasteiger partial charge in [-0.15, -0.1) is 16.9 Å². The molecule has 0 atom stereocenters. The first-order valence-corrected chi connectivity index (χ1v) is 13.0. The zero-order valence-corrected chi connectivity index (χ0v) is 21.5. The number of aromatic nitrogens is 3. The lowest BCUT2D eigenvalue weighted by atomic mass is 9.84. The summed E-state index contributed by atoms with van der Waals surface area (Å²) in [7, 11) is 1.64. The molecule has 1 aliphatic carbocycles. The number of thioether (sulfide) groups is 1. The number of hydrogen-bond acceptors (Lipinski definition) is 6. The molecule has 0 N–H and O–H groups in total. The van der Waals surface area contributed by atoms with Crippen molar-refractivity contribution in [2.45, 2.75) is 55.3 Å². The van der Waals surface area contributed by atoms with Gasteiger partial charge >= 0.3 is 5.97 Å². The lowest BCUT2D eigenvalue weighted by Gasteiger charge is -2.28. The second-order valence-corrected chi connectivity index (χ2v) is 10.3. The van der Waals surface area contributed by atoms with Crippen molar-refractivity contribution < 1.29 is 14.3 Å². The van der Waals surface area contributed by atoms with Gasteiger partial charge in [0.25, 0.3) is 0 Å². The summed E-state index contributed by atoms with van der Waals surface area (Å²) in [5.74, 6) is 0.817. The molecule has 0 radical (unpaired) electrons. The zero-order valence-electron chi connectivity index (χ0n) is 19.2. The summed E-state index contributed by atoms with van der Waals surface area (Å²) in [6, 6.07) is 13.7. The number of benzene rings is 2. The monoisotopic (exact) mass is 519 g/mol. The van der Waals surface area contributed by atoms with E-state index in [4.69, 9.17) is 32.7 Å². The Bertz CT molecular complexity index is 1130. The molecular weight excluding hydrogens is 493 g/mol. The molecule has 1 fully saturated rings. The van der Waals surface area contributed by atoms with Crippen molar-refractivity contribution in [3.8, 4) is 5.75 Å². The zero-order chi connectivity index (χ0) is 24.1. The summed E-state index contributed by atoms with van der Waals surface area (Å²) in [6.07, 6.45) is 4.13. The fourth-order valence-corrected chi connectivity index (χ4v) is 5.78. The predicted molar refractivity (Wildman–Crippen MR) is 135 cm³/mol. The molecule has 6 nitrogen and oxygen atoms in total. The summed E-state index contributed by atoms with van der Waals surface area (Å²) in [5, 5.41) is 10.8. The summed E-state index contributed by atoms with van der Waals surface area (Å²) >= 11 is 14.0. The summed E-state index contributed by atoms with van der Waals surface area (Å²) in [4.78, 5) is 12.6. The normalized spacial score (nSPS) is 18.0. The van der Waals surface area contributed by atoms with Crippen LogP contribution < -0.4 is 4.74 Å². The van der Waals surface area contributed by atoms with Gasteiger partial charge in [0, 0.05) is 5.25 Å². The average molecular weight is 520 g/mol. The summed E-state index contributed by atoms with van der Waals surface area (Å²) in [5.41, 5.74) is 2.56. The molecule has 0 unspecified atom stereocenters. The first kappa shape index (κ1) is 24.9. The quantitative estimate of drug-likeness (QED) is 0.311. The molecule has 0 spiro atoms. The molecule has 1 heterocycles. The second kappa shape index (κ2) is 11.5. The van der Waals surface area contributed by atoms with Crippen LogP contribution in [0.5, 0.6) is 5.75 Å². The number of hydrogen-bond donors (Lipinski definition) is 0. The minimum absolute atomic E-state index is 0.284. The van der Waals surface area contributed by atoms with Crippen LogP contribution in [-0.2, 0) is 11.3 Å². The number of esters is 1. The van der Waals surface area contributed by atoms with Crippen LogP contribution in [0.25, 0.3) is 0 Å². The Morgan fingerprint density at radius 2 is 1.82 bits per heavy atom. The third-order valence-electron chi connectivity index (χ3n) is 6.02. The number of ether oxygens (including phenoxy) is 2. The van der Waals surface area contributed by atoms with Crippen LogP contribution in [-0.4, -0.2) is 39.9 Å². The highest BCUT2D eigenvalue weighted by Crippen LogP contribution is 2.41. The topological polar surface area (TPSA) is 66.2 Å². The Balaban J connectivity index is 1.48. The highest BCUT2D eigenvalue weighted by atomic mass is 35.5. The molecule has 1 aliphatic rings. The Hall–Kier alpha value is -2.22. The van der Waals surface area contributed by atoms with Crippen molar-refractivity contribution in [2.24, 2.45) is 0 Å². The minimum atomic E-state index is -0.435. The molecular formula is C25H27Cl2N3O3S. The maximum atomic E-state index is 12.6. The standard InChI is InChI=1S/C25H27Cl2N3O3S/c1-3-33-25(31)23-24(30(29-28-23)15-16-4-9-19(32-2)10-5-16)34-20-11-6-17(7-12-20)18-8-13-21(26)22(27)14-18/h4-5,8-10,13-14,17,20H,3,6-7,11-12,15H2,1-2H3/t17-,20+. The molecule has 9 heteroatoms. The van der Waals surface area contributed by atoms with E-state index in [1.807, 2.05) is 36.4 Å². The van der Waals surface area contributed by atoms with Crippen LogP contribution >= 0.6 is 35.0 Å². The summed E-state index contributed by atoms with van der Waals surface area (Å²) < 4.78 is 12.3. The van der Waals surface area contributed by atoms with Crippen LogP contribution in [0.3, 0.4) is 0 Å². The number of halogens is 2. The highest BCUT2D eigenvalue weighted by molar-refractivity contribution is 7.99. The predicted octanol–water partition coefficient (Wildman–Crippen LogP) is 6.64. The molecule has 4 rings (SSSR count). The number of nitrogens with zero attached hydrogens (tertiary/aromatic N) is 3. The van der Waals surface area contributed by atoms with Gasteiger partial charge < -0.3 is 9.47 Å². The van der Waals surface area contributed by atoms with Gasteiger partial charge in [0.15, 0.2) is 0 Å². The number of carbonyl (C=O) groups is 1. The number of carbonyl (C=O) groups excluding carboxylic acids is 1. The van der Waals surface area contributed by atoms with E-state index < -0.39 is 5.97 Å². The SMILES string of the molecule is CCOC(=O)c1nnn(Cc2ccc(OC)cc2)c1S[C@H]1CC[C@@H](c2ccc(Cl)c(Cl)c2)CC1. The van der Waals surface area contributed by atoms with Gasteiger partial charge in [-0.25, -0.2) is 9.48 Å². The second-order valence-electron chi connectivity index (χ2n) is 8.23. The molecule has 0 bridgehead atoms. The van der Waals surface area contributed by atoms with Crippen molar-refractivity contribution in [2.75, 3.05) is 13.7 Å². The first-order chi connectivity index (χ1) is 16.5. The van der Waals surface area contributed by atoms with Crippen molar-refractivity contribution in [3.05, 3.63) is 69.3 Å². The van der Waals surface area contributed by atoms with Gasteiger partial charge in [0.05, 0.1) is 30.3 Å². The fraction of sp³-hybridized carbons (Fsp3) is 0.400. The van der Waals surface area contributed by atoms with E-state index in [1.54, 1.807) is 30.5 Å². The third kappa shape index (κ3) is 5.88. The van der Waals surface area contributed by atoms with E-state index >= 15 is 0 Å². The van der Waals surface area contributed by atoms with Crippen molar-refractivity contribution in [1.29, 1.82) is 0 Å². The van der Waals surface area contributed by atoms with Gasteiger partial charge in [0.1, 0.15) is 10.8 Å². The number of rotatable bonds is 8. The summed E-state index contributed by atoms with van der Waals surface area (Å²) in [6.45, 7) is 2.59. The lowest BCUT2D eigenvalue weighted by Crippen LogP contribution is -2.17. The lowest BCUT2D eigenvalue weighted by molar-refractivity contribution is 0.0515. The van der Waals surface area contributed by atoms with Crippen LogP contribution in [0.4, 0.5) is 0 Å². The fourth-order valence-electron chi connectivity index (χ4n) is 4.19. The Morgan fingerprint density at radius 3 is 2.47 bits per heavy atom. The van der Waals surface area contributed by atoms with E-state index in [9.17, 15) is 4.79 Å². The Kier molecular flexibility index (Phi) is 8.40. The van der Waals surface area contributed by atoms with Crippen LogP contribution in [0.2, 0.25) is 10.0 Å². The van der Waals surface area contributed by atoms with E-state index in [1.165, 1.54) is 5.56 Å². The largest absolute Gasteiger partial charge is 0.497 e. The average Bonchev–Trinajstić information content (AvgIpc) is 3.24. The van der Waals surface area contributed by atoms with Gasteiger partial charge in [-0.3, -0.25) is 0 Å². The molecule has 1 saturated carbocycles. The van der Waals surface area contributed by atoms with Crippen LogP contribution in [0, 0.1) is 0 Å². The van der Waals surface area contributed by atoms with Gasteiger partial charge in [0.2, 0.25) is 5.69 Å². The van der Waals surface area contributed by atoms with Crippen LogP contribution in [0.15, 0.2) is 47.5 Å². The molecule has 0 aliphatic heterocycles. The van der Waals surface area contributed by atoms with Crippen molar-refractivity contribution in [1.82, 2.24) is 15.0 Å². The Morgan fingerprint density at radius 1 is 1.09 bits per heavy atom. The smallest absolute Gasteiger partial charge is 0.361 e. The highest BCUT2D eigenvalue weighted by Gasteiger charge is 2.28. The van der Waals surface area contributed by atoms with Crippen LogP contribution in [0.1, 0.15) is 60.1 Å². The number of methoxy groups -OCH3 is 1. The molecule has 3 aromatic rings. The molecule has 0 saturated heterocycles. The maximum Gasteiger partial charge on any atom is 0.361 e. The third-order valence-corrected chi connectivity index (χ3v) is 8.19. The van der Waals surface area contributed by atoms with E-state index in [-0.39, 0.29) is 5.69 Å². The van der Waals surface area contributed by atoms with Gasteiger partial charge in [-0.2, -0.15) is 0 Å². The minimum Gasteiger partial charge on any atom is -0.497 e. The molecule has 2 aromatic carbocycles. The van der Waals surface area contributed by atoms with Gasteiger partial charge in [-0.1, -0.05) is 46.6 Å². The molecule has 34 heavy (non-hydrogen) atoms. The van der Waals surface area contributed by atoms with E-state index in [2.05, 4.69) is 16.4 Å². The van der Waals surface area contributed by atoms with Crippen molar-refractivity contribution >= 4 is 40.9 Å². The molecule has 180 valence electrons. The first-order valence-electron chi connectivity index (χ1n) is 11.3. The van der Waals surface area contributed by atoms with E-state index in [0.29, 0.717) is 34.4 Å². The molecule has 1 aromatic heterocycles. The maximum absolute atomic E-state index is 12.6. The van der Waals surface area contributed by atoms with Gasteiger partial charge in [-0.05, 0) is 73.9 Å². The Labute approximate surface area is 213 Å². The van der Waals surface area contributed by atoms with Crippen molar-refractivity contribution in [3.63, 3.8) is 0 Å².